The van der Waals surface area contributed by atoms with E-state index in [1.165, 1.54) is 24.3 Å². The molecule has 2 rings (SSSR count). The maximum absolute atomic E-state index is 12.5. The lowest BCUT2D eigenvalue weighted by molar-refractivity contribution is -0.136. The second-order valence-corrected chi connectivity index (χ2v) is 7.08. The van der Waals surface area contributed by atoms with Crippen LogP contribution in [0.3, 0.4) is 0 Å². The van der Waals surface area contributed by atoms with E-state index in [1.807, 2.05) is 0 Å². The van der Waals surface area contributed by atoms with Crippen molar-refractivity contribution in [2.75, 3.05) is 0 Å². The molecule has 1 unspecified atom stereocenters. The number of hydrogen-bond acceptors (Lipinski definition) is 3. The molecule has 6 heteroatoms. The summed E-state index contributed by atoms with van der Waals surface area (Å²) >= 11 is 3.21. The molecule has 1 atom stereocenters. The smallest absolute Gasteiger partial charge is 0.326 e. The lowest BCUT2D eigenvalue weighted by Gasteiger charge is -2.14. The van der Waals surface area contributed by atoms with Crippen molar-refractivity contribution in [1.82, 2.24) is 0 Å². The second-order valence-electron chi connectivity index (χ2n) is 4.13. The van der Waals surface area contributed by atoms with Crippen molar-refractivity contribution in [3.05, 3.63) is 64.6 Å². The van der Waals surface area contributed by atoms with Crippen molar-refractivity contribution in [2.45, 2.75) is 10.1 Å². The molecule has 0 heterocycles. The summed E-state index contributed by atoms with van der Waals surface area (Å²) in [6.45, 7) is 0. The van der Waals surface area contributed by atoms with E-state index in [0.717, 1.165) is 4.47 Å². The van der Waals surface area contributed by atoms with Crippen LogP contribution in [-0.4, -0.2) is 19.5 Å². The van der Waals surface area contributed by atoms with Gasteiger partial charge in [-0.25, -0.2) is 8.42 Å². The highest BCUT2D eigenvalue weighted by Crippen LogP contribution is 2.29. The first-order valence-electron chi connectivity index (χ1n) is 5.70. The topological polar surface area (TPSA) is 71.4 Å². The number of rotatable bonds is 4. The molecule has 0 bridgehead atoms. The van der Waals surface area contributed by atoms with E-state index in [9.17, 15) is 18.3 Å². The van der Waals surface area contributed by atoms with Crippen LogP contribution in [-0.2, 0) is 14.6 Å². The van der Waals surface area contributed by atoms with Crippen molar-refractivity contribution < 1.29 is 18.3 Å². The molecule has 4 nitrogen and oxygen atoms in total. The Kier molecular flexibility index (Phi) is 4.25. The molecule has 2 aromatic rings. The lowest BCUT2D eigenvalue weighted by atomic mass is 10.1. The van der Waals surface area contributed by atoms with Gasteiger partial charge in [0.25, 0.3) is 0 Å². The maximum Gasteiger partial charge on any atom is 0.326 e. The molecule has 0 aliphatic rings. The zero-order valence-corrected chi connectivity index (χ0v) is 12.6. The Morgan fingerprint density at radius 2 is 1.55 bits per heavy atom. The largest absolute Gasteiger partial charge is 0.480 e. The third-order valence-corrected chi connectivity index (χ3v) is 5.33. The van der Waals surface area contributed by atoms with Crippen LogP contribution in [0, 0.1) is 0 Å². The van der Waals surface area contributed by atoms with E-state index in [0.29, 0.717) is 0 Å². The highest BCUT2D eigenvalue weighted by molar-refractivity contribution is 9.10. The number of carbonyl (C=O) groups is 1. The summed E-state index contributed by atoms with van der Waals surface area (Å²) in [6, 6.07) is 13.8. The average Bonchev–Trinajstić information content (AvgIpc) is 2.39. The van der Waals surface area contributed by atoms with Gasteiger partial charge >= 0.3 is 5.97 Å². The van der Waals surface area contributed by atoms with Crippen LogP contribution < -0.4 is 0 Å². The minimum Gasteiger partial charge on any atom is -0.480 e. The van der Waals surface area contributed by atoms with E-state index < -0.39 is 21.1 Å². The zero-order valence-electron chi connectivity index (χ0n) is 10.2. The van der Waals surface area contributed by atoms with Crippen molar-refractivity contribution in [1.29, 1.82) is 0 Å². The van der Waals surface area contributed by atoms with E-state index in [-0.39, 0.29) is 10.5 Å². The second kappa shape index (κ2) is 5.76. The average molecular weight is 355 g/mol. The van der Waals surface area contributed by atoms with Gasteiger partial charge in [0.1, 0.15) is 0 Å². The van der Waals surface area contributed by atoms with Gasteiger partial charge in [0, 0.05) is 4.47 Å². The van der Waals surface area contributed by atoms with Gasteiger partial charge in [0.2, 0.25) is 0 Å². The number of carboxylic acid groups (broad SMARTS) is 1. The quantitative estimate of drug-likeness (QED) is 0.915. The Hall–Kier alpha value is -1.66. The third-order valence-electron chi connectivity index (χ3n) is 2.78. The normalized spacial score (nSPS) is 12.8. The summed E-state index contributed by atoms with van der Waals surface area (Å²) in [5.41, 5.74) is 0.239. The third kappa shape index (κ3) is 2.91. The number of carboxylic acids is 1. The summed E-state index contributed by atoms with van der Waals surface area (Å²) in [4.78, 5) is 11.4. The van der Waals surface area contributed by atoms with Gasteiger partial charge in [-0.15, -0.1) is 0 Å². The minimum absolute atomic E-state index is 0.0167. The molecular weight excluding hydrogens is 344 g/mol. The molecule has 0 radical (unpaired) electrons. The van der Waals surface area contributed by atoms with Gasteiger partial charge in [-0.1, -0.05) is 46.3 Å². The molecule has 2 aromatic carbocycles. The molecule has 0 aliphatic carbocycles. The summed E-state index contributed by atoms with van der Waals surface area (Å²) < 4.78 is 25.7. The summed E-state index contributed by atoms with van der Waals surface area (Å²) in [6.07, 6.45) is 0. The number of benzene rings is 2. The van der Waals surface area contributed by atoms with Crippen molar-refractivity contribution >= 4 is 31.7 Å². The van der Waals surface area contributed by atoms with Crippen LogP contribution in [0.5, 0.6) is 0 Å². The molecule has 0 saturated heterocycles. The van der Waals surface area contributed by atoms with Crippen LogP contribution in [0.15, 0.2) is 64.0 Å². The van der Waals surface area contributed by atoms with E-state index in [1.54, 1.807) is 30.3 Å². The molecule has 0 aromatic heterocycles. The van der Waals surface area contributed by atoms with Crippen LogP contribution in [0.1, 0.15) is 10.8 Å². The molecule has 104 valence electrons. The molecule has 0 spiro atoms. The number of hydrogen-bond donors (Lipinski definition) is 1. The molecule has 0 fully saturated rings. The van der Waals surface area contributed by atoms with E-state index >= 15 is 0 Å². The zero-order chi connectivity index (χ0) is 14.8. The number of sulfone groups is 1. The molecule has 0 aliphatic heterocycles. The Morgan fingerprint density at radius 3 is 2.05 bits per heavy atom. The van der Waals surface area contributed by atoms with Crippen molar-refractivity contribution in [3.63, 3.8) is 0 Å². The first kappa shape index (κ1) is 14.7. The summed E-state index contributed by atoms with van der Waals surface area (Å²) in [5, 5.41) is 7.68. The van der Waals surface area contributed by atoms with E-state index in [2.05, 4.69) is 15.9 Å². The fourth-order valence-electron chi connectivity index (χ4n) is 1.84. The van der Waals surface area contributed by atoms with Gasteiger partial charge in [-0.05, 0) is 29.8 Å². The van der Waals surface area contributed by atoms with Gasteiger partial charge in [0.05, 0.1) is 4.90 Å². The van der Waals surface area contributed by atoms with Gasteiger partial charge in [-0.2, -0.15) is 0 Å². The highest BCUT2D eigenvalue weighted by atomic mass is 79.9. The lowest BCUT2D eigenvalue weighted by Crippen LogP contribution is -2.22. The van der Waals surface area contributed by atoms with Crippen LogP contribution >= 0.6 is 15.9 Å². The highest BCUT2D eigenvalue weighted by Gasteiger charge is 2.35. The standard InChI is InChI=1S/C14H11BrO4S/c15-11-6-8-12(9-7-11)20(18,19)13(14(16)17)10-4-2-1-3-5-10/h1-9,13H,(H,16,17). The molecule has 1 N–H and O–H groups in total. The summed E-state index contributed by atoms with van der Waals surface area (Å²) in [7, 11) is -3.99. The molecular formula is C14H11BrO4S. The monoisotopic (exact) mass is 354 g/mol. The summed E-state index contributed by atoms with van der Waals surface area (Å²) in [5.74, 6) is -1.39. The first-order valence-corrected chi connectivity index (χ1v) is 8.04. The Labute approximate surface area is 125 Å². The van der Waals surface area contributed by atoms with Crippen molar-refractivity contribution in [2.24, 2.45) is 0 Å². The predicted molar refractivity (Wildman–Crippen MR) is 78.1 cm³/mol. The van der Waals surface area contributed by atoms with Gasteiger partial charge in [-0.3, -0.25) is 4.79 Å². The van der Waals surface area contributed by atoms with Crippen LogP contribution in [0.2, 0.25) is 0 Å². The first-order chi connectivity index (χ1) is 9.43. The Balaban J connectivity index is 2.54. The Morgan fingerprint density at radius 1 is 1.00 bits per heavy atom. The molecule has 20 heavy (non-hydrogen) atoms. The van der Waals surface area contributed by atoms with Gasteiger partial charge < -0.3 is 5.11 Å². The SMILES string of the molecule is O=C(O)C(c1ccccc1)S(=O)(=O)c1ccc(Br)cc1. The van der Waals surface area contributed by atoms with Gasteiger partial charge in [0.15, 0.2) is 15.1 Å². The van der Waals surface area contributed by atoms with Crippen LogP contribution in [0.4, 0.5) is 0 Å². The predicted octanol–water partition coefficient (Wildman–Crippen LogP) is 3.05. The molecule has 0 saturated carbocycles. The maximum atomic E-state index is 12.5. The van der Waals surface area contributed by atoms with Crippen molar-refractivity contribution in [3.8, 4) is 0 Å². The fraction of sp³-hybridized carbons (Fsp3) is 0.0714. The minimum atomic E-state index is -3.99. The number of aliphatic carboxylic acids is 1. The number of halogens is 1. The fourth-order valence-corrected chi connectivity index (χ4v) is 3.68. The van der Waals surface area contributed by atoms with Crippen LogP contribution in [0.25, 0.3) is 0 Å². The molecule has 0 amide bonds. The Bertz CT molecular complexity index is 709. The van der Waals surface area contributed by atoms with E-state index in [4.69, 9.17) is 0 Å².